The third-order valence-corrected chi connectivity index (χ3v) is 6.69. The van der Waals surface area contributed by atoms with E-state index in [1.54, 1.807) is 17.5 Å². The molecule has 1 fully saturated rings. The number of likely N-dealkylation sites (tertiary alicyclic amines) is 1. The first-order chi connectivity index (χ1) is 13.2. The topological polar surface area (TPSA) is 62.3 Å². The fraction of sp³-hybridized carbons (Fsp3) is 0.476. The molecule has 1 aliphatic heterocycles. The van der Waals surface area contributed by atoms with Gasteiger partial charge in [0, 0.05) is 48.7 Å². The number of nitrogens with zero attached hydrogens (tertiary/aromatic N) is 2. The Morgan fingerprint density at radius 1 is 1.26 bits per heavy atom. The quantitative estimate of drug-likeness (QED) is 0.864. The SMILES string of the molecule is O=C(NCCc1ccccn1)[C@H]1CCc2sc(C(=O)N3CCCC3)cc2C1. The number of hydrogen-bond donors (Lipinski definition) is 1. The van der Waals surface area contributed by atoms with E-state index in [1.165, 1.54) is 10.4 Å². The number of nitrogens with one attached hydrogen (secondary N) is 1. The number of hydrogen-bond acceptors (Lipinski definition) is 4. The highest BCUT2D eigenvalue weighted by molar-refractivity contribution is 7.14. The maximum absolute atomic E-state index is 12.6. The van der Waals surface area contributed by atoms with Crippen LogP contribution in [-0.2, 0) is 24.1 Å². The van der Waals surface area contributed by atoms with Gasteiger partial charge < -0.3 is 10.2 Å². The highest BCUT2D eigenvalue weighted by Gasteiger charge is 2.29. The van der Waals surface area contributed by atoms with Crippen molar-refractivity contribution in [1.82, 2.24) is 15.2 Å². The molecule has 1 atom stereocenters. The minimum Gasteiger partial charge on any atom is -0.355 e. The van der Waals surface area contributed by atoms with E-state index in [9.17, 15) is 9.59 Å². The van der Waals surface area contributed by atoms with E-state index in [2.05, 4.69) is 10.3 Å². The van der Waals surface area contributed by atoms with Crippen molar-refractivity contribution >= 4 is 23.2 Å². The van der Waals surface area contributed by atoms with Crippen LogP contribution in [0.4, 0.5) is 0 Å². The van der Waals surface area contributed by atoms with Gasteiger partial charge in [0.1, 0.15) is 0 Å². The summed E-state index contributed by atoms with van der Waals surface area (Å²) in [5.74, 6) is 0.295. The van der Waals surface area contributed by atoms with Crippen LogP contribution >= 0.6 is 11.3 Å². The molecule has 0 radical (unpaired) electrons. The lowest BCUT2D eigenvalue weighted by atomic mass is 9.87. The summed E-state index contributed by atoms with van der Waals surface area (Å²) < 4.78 is 0. The molecule has 1 aliphatic carbocycles. The van der Waals surface area contributed by atoms with Crippen molar-refractivity contribution < 1.29 is 9.59 Å². The Kier molecular flexibility index (Phi) is 5.53. The lowest BCUT2D eigenvalue weighted by Gasteiger charge is -2.21. The second-order valence-corrected chi connectivity index (χ2v) is 8.50. The number of carbonyl (C=O) groups excluding carboxylic acids is 2. The Morgan fingerprint density at radius 3 is 2.89 bits per heavy atom. The fourth-order valence-corrected chi connectivity index (χ4v) is 5.11. The van der Waals surface area contributed by atoms with Gasteiger partial charge in [0.15, 0.2) is 0 Å². The van der Waals surface area contributed by atoms with Gasteiger partial charge in [-0.1, -0.05) is 6.07 Å². The molecule has 3 heterocycles. The number of thiophene rings is 1. The molecule has 2 aromatic heterocycles. The molecule has 0 aromatic carbocycles. The number of pyridine rings is 1. The third kappa shape index (κ3) is 4.21. The molecule has 2 amide bonds. The van der Waals surface area contributed by atoms with Gasteiger partial charge >= 0.3 is 0 Å². The Labute approximate surface area is 163 Å². The van der Waals surface area contributed by atoms with Gasteiger partial charge in [-0.2, -0.15) is 0 Å². The van der Waals surface area contributed by atoms with Crippen LogP contribution < -0.4 is 5.32 Å². The number of fused-ring (bicyclic) bond motifs is 1. The van der Waals surface area contributed by atoms with Crippen LogP contribution in [-0.4, -0.2) is 41.3 Å². The number of amides is 2. The monoisotopic (exact) mass is 383 g/mol. The second kappa shape index (κ2) is 8.21. The summed E-state index contributed by atoms with van der Waals surface area (Å²) in [4.78, 5) is 33.5. The zero-order valence-corrected chi connectivity index (χ0v) is 16.3. The Bertz CT molecular complexity index is 812. The van der Waals surface area contributed by atoms with Crippen LogP contribution in [0.15, 0.2) is 30.5 Å². The zero-order chi connectivity index (χ0) is 18.6. The average molecular weight is 384 g/mol. The number of aromatic nitrogens is 1. The Hall–Kier alpha value is -2.21. The molecule has 0 bridgehead atoms. The molecule has 4 rings (SSSR count). The average Bonchev–Trinajstić information content (AvgIpc) is 3.37. The van der Waals surface area contributed by atoms with E-state index < -0.39 is 0 Å². The zero-order valence-electron chi connectivity index (χ0n) is 15.4. The minimum absolute atomic E-state index is 0.00516. The predicted molar refractivity (Wildman–Crippen MR) is 106 cm³/mol. The van der Waals surface area contributed by atoms with Crippen molar-refractivity contribution in [3.63, 3.8) is 0 Å². The summed E-state index contributed by atoms with van der Waals surface area (Å²) in [6, 6.07) is 7.87. The molecule has 1 N–H and O–H groups in total. The molecule has 27 heavy (non-hydrogen) atoms. The molecule has 1 saturated heterocycles. The van der Waals surface area contributed by atoms with E-state index in [0.29, 0.717) is 6.54 Å². The maximum Gasteiger partial charge on any atom is 0.263 e. The lowest BCUT2D eigenvalue weighted by Crippen LogP contribution is -2.35. The Balaban J connectivity index is 1.32. The van der Waals surface area contributed by atoms with Crippen molar-refractivity contribution in [3.8, 4) is 0 Å². The van der Waals surface area contributed by atoms with Gasteiger partial charge in [-0.3, -0.25) is 14.6 Å². The van der Waals surface area contributed by atoms with Crippen molar-refractivity contribution in [2.24, 2.45) is 5.92 Å². The third-order valence-electron chi connectivity index (χ3n) is 5.46. The molecular formula is C21H25N3O2S. The maximum atomic E-state index is 12.6. The van der Waals surface area contributed by atoms with Crippen molar-refractivity contribution in [1.29, 1.82) is 0 Å². The Morgan fingerprint density at radius 2 is 2.11 bits per heavy atom. The van der Waals surface area contributed by atoms with Gasteiger partial charge in [-0.05, 0) is 55.9 Å². The first kappa shape index (κ1) is 18.2. The van der Waals surface area contributed by atoms with E-state index in [0.717, 1.165) is 62.2 Å². The molecule has 142 valence electrons. The van der Waals surface area contributed by atoms with Crippen LogP contribution in [0.3, 0.4) is 0 Å². The van der Waals surface area contributed by atoms with Gasteiger partial charge in [-0.25, -0.2) is 0 Å². The van der Waals surface area contributed by atoms with Crippen LogP contribution in [0, 0.1) is 5.92 Å². The second-order valence-electron chi connectivity index (χ2n) is 7.36. The molecule has 0 unspecified atom stereocenters. The first-order valence-corrected chi connectivity index (χ1v) is 10.6. The summed E-state index contributed by atoms with van der Waals surface area (Å²) in [5, 5.41) is 3.06. The van der Waals surface area contributed by atoms with Crippen LogP contribution in [0.2, 0.25) is 0 Å². The summed E-state index contributed by atoms with van der Waals surface area (Å²) in [5.41, 5.74) is 2.19. The largest absolute Gasteiger partial charge is 0.355 e. The number of rotatable bonds is 5. The normalized spacial score (nSPS) is 19.0. The molecule has 2 aliphatic rings. The van der Waals surface area contributed by atoms with E-state index in [1.807, 2.05) is 29.2 Å². The molecule has 0 saturated carbocycles. The molecular weight excluding hydrogens is 358 g/mol. The van der Waals surface area contributed by atoms with Crippen molar-refractivity contribution in [3.05, 3.63) is 51.5 Å². The summed E-state index contributed by atoms with van der Waals surface area (Å²) in [7, 11) is 0. The molecule has 5 nitrogen and oxygen atoms in total. The number of aryl methyl sites for hydroxylation is 1. The summed E-state index contributed by atoms with van der Waals surface area (Å²) in [6.07, 6.45) is 7.24. The van der Waals surface area contributed by atoms with Gasteiger partial charge in [0.2, 0.25) is 5.91 Å². The lowest BCUT2D eigenvalue weighted by molar-refractivity contribution is -0.125. The highest BCUT2D eigenvalue weighted by atomic mass is 32.1. The van der Waals surface area contributed by atoms with Crippen molar-refractivity contribution in [2.75, 3.05) is 19.6 Å². The van der Waals surface area contributed by atoms with Gasteiger partial charge in [0.05, 0.1) is 4.88 Å². The fourth-order valence-electron chi connectivity index (χ4n) is 3.93. The molecule has 0 spiro atoms. The standard InChI is InChI=1S/C21H25N3O2S/c25-20(23-10-8-17-5-1-2-9-22-17)15-6-7-18-16(13-15)14-19(27-18)21(26)24-11-3-4-12-24/h1-2,5,9,14-15H,3-4,6-8,10-13H2,(H,23,25)/t15-/m0/s1. The van der Waals surface area contributed by atoms with E-state index in [-0.39, 0.29) is 17.7 Å². The van der Waals surface area contributed by atoms with Gasteiger partial charge in [0.25, 0.3) is 5.91 Å². The van der Waals surface area contributed by atoms with Crippen LogP contribution in [0.25, 0.3) is 0 Å². The highest BCUT2D eigenvalue weighted by Crippen LogP contribution is 2.33. The number of carbonyl (C=O) groups is 2. The minimum atomic E-state index is 0.00516. The van der Waals surface area contributed by atoms with E-state index in [4.69, 9.17) is 0 Å². The predicted octanol–water partition coefficient (Wildman–Crippen LogP) is 2.84. The van der Waals surface area contributed by atoms with Crippen molar-refractivity contribution in [2.45, 2.75) is 38.5 Å². The molecule has 6 heteroatoms. The first-order valence-electron chi connectivity index (χ1n) is 9.79. The van der Waals surface area contributed by atoms with Gasteiger partial charge in [-0.15, -0.1) is 11.3 Å². The smallest absolute Gasteiger partial charge is 0.263 e. The summed E-state index contributed by atoms with van der Waals surface area (Å²) >= 11 is 1.63. The van der Waals surface area contributed by atoms with Crippen LogP contribution in [0.1, 0.15) is 45.1 Å². The van der Waals surface area contributed by atoms with E-state index >= 15 is 0 Å². The molecule has 2 aromatic rings. The summed E-state index contributed by atoms with van der Waals surface area (Å²) in [6.45, 7) is 2.37. The van der Waals surface area contributed by atoms with Crippen LogP contribution in [0.5, 0.6) is 0 Å².